The van der Waals surface area contributed by atoms with Gasteiger partial charge < -0.3 is 19.3 Å². The summed E-state index contributed by atoms with van der Waals surface area (Å²) in [5.41, 5.74) is 6.46. The lowest BCUT2D eigenvalue weighted by atomic mass is 10.0. The van der Waals surface area contributed by atoms with Crippen LogP contribution in [-0.4, -0.2) is 36.0 Å². The average molecular weight is 501 g/mol. The molecule has 0 amide bonds. The first kappa shape index (κ1) is 24.0. The minimum absolute atomic E-state index is 0.237. The fraction of sp³-hybridized carbons (Fsp3) is 0.360. The predicted octanol–water partition coefficient (Wildman–Crippen LogP) is 6.44. The molecule has 1 heterocycles. The largest absolute Gasteiger partial charge is 0.480 e. The number of hydrogen-bond donors (Lipinski definition) is 1. The van der Waals surface area contributed by atoms with Crippen molar-refractivity contribution in [2.75, 3.05) is 24.7 Å². The Balaban J connectivity index is 1.81. The zero-order valence-corrected chi connectivity index (χ0v) is 20.3. The Morgan fingerprint density at radius 3 is 2.50 bits per heavy atom. The molecule has 3 aromatic rings. The minimum Gasteiger partial charge on any atom is -0.480 e. The van der Waals surface area contributed by atoms with Crippen LogP contribution >= 0.6 is 15.9 Å². The molecule has 0 fully saturated rings. The number of benzene rings is 2. The normalized spacial score (nSPS) is 11.0. The first-order valence-electron chi connectivity index (χ1n) is 10.7. The first-order valence-corrected chi connectivity index (χ1v) is 11.5. The van der Waals surface area contributed by atoms with Crippen LogP contribution in [0.1, 0.15) is 36.3 Å². The maximum Gasteiger partial charge on any atom is 0.329 e. The van der Waals surface area contributed by atoms with Crippen molar-refractivity contribution in [2.45, 2.75) is 40.0 Å². The molecule has 2 aromatic carbocycles. The van der Waals surface area contributed by atoms with Gasteiger partial charge in [0.2, 0.25) is 0 Å². The van der Waals surface area contributed by atoms with Crippen molar-refractivity contribution >= 4 is 33.3 Å². The average Bonchev–Trinajstić information content (AvgIpc) is 3.10. The Morgan fingerprint density at radius 1 is 1.09 bits per heavy atom. The molecule has 0 saturated carbocycles. The molecule has 3 rings (SSSR count). The van der Waals surface area contributed by atoms with Crippen LogP contribution in [0.3, 0.4) is 0 Å². The van der Waals surface area contributed by atoms with E-state index < -0.39 is 5.97 Å². The number of aliphatic carboxylic acids is 1. The molecule has 1 N–H and O–H groups in total. The van der Waals surface area contributed by atoms with Gasteiger partial charge in [-0.25, -0.2) is 4.79 Å². The van der Waals surface area contributed by atoms with Crippen molar-refractivity contribution < 1.29 is 19.2 Å². The lowest BCUT2D eigenvalue weighted by Gasteiger charge is -2.27. The standard InChI is InChI=1S/C25H29BrN2O4/c1-17-7-8-20(25-18(2)27-32-19(25)3)15-23(17)28(22-11-9-21(26)10-12-22)13-5-4-6-14-31-16-24(29)30/h7-12,15H,4-6,13-14,16H2,1-3H3,(H,29,30). The summed E-state index contributed by atoms with van der Waals surface area (Å²) < 4.78 is 11.6. The third-order valence-electron chi connectivity index (χ3n) is 5.36. The molecule has 6 nitrogen and oxygen atoms in total. The highest BCUT2D eigenvalue weighted by Gasteiger charge is 2.17. The number of nitrogens with zero attached hydrogens (tertiary/aromatic N) is 2. The van der Waals surface area contributed by atoms with E-state index in [-0.39, 0.29) is 6.61 Å². The Bertz CT molecular complexity index is 1030. The van der Waals surface area contributed by atoms with Gasteiger partial charge in [-0.3, -0.25) is 0 Å². The van der Waals surface area contributed by atoms with Crippen LogP contribution in [0.15, 0.2) is 51.5 Å². The SMILES string of the molecule is Cc1ccc(-c2c(C)noc2C)cc1N(CCCCCOCC(=O)O)c1ccc(Br)cc1. The predicted molar refractivity (Wildman–Crippen MR) is 130 cm³/mol. The van der Waals surface area contributed by atoms with E-state index in [0.29, 0.717) is 6.61 Å². The van der Waals surface area contributed by atoms with Crippen LogP contribution in [0.4, 0.5) is 11.4 Å². The van der Waals surface area contributed by atoms with Crippen LogP contribution in [-0.2, 0) is 9.53 Å². The summed E-state index contributed by atoms with van der Waals surface area (Å²) in [6, 6.07) is 14.8. The number of unbranched alkanes of at least 4 members (excludes halogenated alkanes) is 2. The monoisotopic (exact) mass is 500 g/mol. The van der Waals surface area contributed by atoms with E-state index >= 15 is 0 Å². The Morgan fingerprint density at radius 2 is 1.84 bits per heavy atom. The van der Waals surface area contributed by atoms with Gasteiger partial charge in [0.05, 0.1) is 5.69 Å². The molecule has 32 heavy (non-hydrogen) atoms. The number of hydrogen-bond acceptors (Lipinski definition) is 5. The van der Waals surface area contributed by atoms with E-state index in [4.69, 9.17) is 14.4 Å². The number of aryl methyl sites for hydroxylation is 3. The van der Waals surface area contributed by atoms with Crippen LogP contribution < -0.4 is 4.90 Å². The summed E-state index contributed by atoms with van der Waals surface area (Å²) in [5, 5.41) is 12.8. The van der Waals surface area contributed by atoms with Crippen molar-refractivity contribution in [1.29, 1.82) is 0 Å². The zero-order valence-electron chi connectivity index (χ0n) is 18.7. The second kappa shape index (κ2) is 11.3. The van der Waals surface area contributed by atoms with Crippen molar-refractivity contribution in [3.63, 3.8) is 0 Å². The highest BCUT2D eigenvalue weighted by molar-refractivity contribution is 9.10. The van der Waals surface area contributed by atoms with Gasteiger partial charge in [0, 0.05) is 34.6 Å². The number of ether oxygens (including phenoxy) is 1. The quantitative estimate of drug-likeness (QED) is 0.305. The lowest BCUT2D eigenvalue weighted by Crippen LogP contribution is -2.19. The van der Waals surface area contributed by atoms with Gasteiger partial charge in [-0.05, 0) is 81.5 Å². The smallest absolute Gasteiger partial charge is 0.329 e. The topological polar surface area (TPSA) is 75.8 Å². The van der Waals surface area contributed by atoms with E-state index in [2.05, 4.69) is 75.4 Å². The van der Waals surface area contributed by atoms with E-state index in [9.17, 15) is 4.79 Å². The maximum absolute atomic E-state index is 10.6. The van der Waals surface area contributed by atoms with Gasteiger partial charge in [0.25, 0.3) is 0 Å². The molecular weight excluding hydrogens is 472 g/mol. The van der Waals surface area contributed by atoms with Crippen molar-refractivity contribution in [1.82, 2.24) is 5.16 Å². The van der Waals surface area contributed by atoms with Gasteiger partial charge in [0.1, 0.15) is 12.4 Å². The fourth-order valence-electron chi connectivity index (χ4n) is 3.77. The van der Waals surface area contributed by atoms with E-state index in [1.165, 1.54) is 5.56 Å². The fourth-order valence-corrected chi connectivity index (χ4v) is 4.04. The summed E-state index contributed by atoms with van der Waals surface area (Å²) in [6.45, 7) is 7.09. The number of rotatable bonds is 11. The molecule has 0 bridgehead atoms. The summed E-state index contributed by atoms with van der Waals surface area (Å²) >= 11 is 3.53. The Hall–Kier alpha value is -2.64. The van der Waals surface area contributed by atoms with Crippen molar-refractivity contribution in [2.24, 2.45) is 0 Å². The van der Waals surface area contributed by atoms with Gasteiger partial charge in [-0.15, -0.1) is 0 Å². The number of carbonyl (C=O) groups is 1. The maximum atomic E-state index is 10.6. The molecule has 0 unspecified atom stereocenters. The summed E-state index contributed by atoms with van der Waals surface area (Å²) in [5.74, 6) is -0.117. The number of anilines is 2. The Labute approximate surface area is 197 Å². The van der Waals surface area contributed by atoms with Crippen LogP contribution in [0, 0.1) is 20.8 Å². The van der Waals surface area contributed by atoms with Crippen LogP contribution in [0.2, 0.25) is 0 Å². The molecule has 0 aliphatic heterocycles. The minimum atomic E-state index is -0.930. The molecule has 170 valence electrons. The van der Waals surface area contributed by atoms with Gasteiger partial charge in [-0.1, -0.05) is 33.2 Å². The third-order valence-corrected chi connectivity index (χ3v) is 5.88. The number of aromatic nitrogens is 1. The number of carboxylic acid groups (broad SMARTS) is 1. The summed E-state index contributed by atoms with van der Waals surface area (Å²) in [7, 11) is 0. The van der Waals surface area contributed by atoms with E-state index in [1.807, 2.05) is 13.8 Å². The second-order valence-electron chi connectivity index (χ2n) is 7.84. The van der Waals surface area contributed by atoms with Gasteiger partial charge >= 0.3 is 5.97 Å². The molecule has 1 aromatic heterocycles. The van der Waals surface area contributed by atoms with Crippen LogP contribution in [0.25, 0.3) is 11.1 Å². The summed E-state index contributed by atoms with van der Waals surface area (Å²) in [6.07, 6.45) is 2.75. The summed E-state index contributed by atoms with van der Waals surface area (Å²) in [4.78, 5) is 12.9. The zero-order chi connectivity index (χ0) is 23.1. The molecule has 0 aliphatic carbocycles. The molecule has 0 spiro atoms. The first-order chi connectivity index (χ1) is 15.4. The van der Waals surface area contributed by atoms with Crippen molar-refractivity contribution in [3.05, 3.63) is 64.0 Å². The molecule has 0 saturated heterocycles. The number of halogens is 1. The molecule has 0 radical (unpaired) electrons. The Kier molecular flexibility index (Phi) is 8.47. The molecule has 0 atom stereocenters. The lowest BCUT2D eigenvalue weighted by molar-refractivity contribution is -0.142. The van der Waals surface area contributed by atoms with Crippen molar-refractivity contribution in [3.8, 4) is 11.1 Å². The molecular formula is C25H29BrN2O4. The van der Waals surface area contributed by atoms with Crippen LogP contribution in [0.5, 0.6) is 0 Å². The highest BCUT2D eigenvalue weighted by Crippen LogP contribution is 2.35. The second-order valence-corrected chi connectivity index (χ2v) is 8.75. The number of carboxylic acids is 1. The van der Waals surface area contributed by atoms with E-state index in [0.717, 1.165) is 64.2 Å². The van der Waals surface area contributed by atoms with Gasteiger partial charge in [0.15, 0.2) is 0 Å². The van der Waals surface area contributed by atoms with Gasteiger partial charge in [-0.2, -0.15) is 0 Å². The molecule has 7 heteroatoms. The third kappa shape index (κ3) is 6.20. The highest BCUT2D eigenvalue weighted by atomic mass is 79.9. The van der Waals surface area contributed by atoms with E-state index in [1.54, 1.807) is 0 Å². The molecule has 0 aliphatic rings.